The first kappa shape index (κ1) is 19.7. The van der Waals surface area contributed by atoms with Crippen LogP contribution in [0.4, 0.5) is 0 Å². The Bertz CT molecular complexity index is 614. The molecule has 2 atom stereocenters. The molecular weight excluding hydrogens is 342 g/mol. The molecule has 0 aromatic carbocycles. The molecule has 8 heteroatoms. The van der Waals surface area contributed by atoms with Gasteiger partial charge in [-0.25, -0.2) is 0 Å². The summed E-state index contributed by atoms with van der Waals surface area (Å²) in [5, 5.41) is 7.42. The zero-order valence-corrected chi connectivity index (χ0v) is 16.2. The van der Waals surface area contributed by atoms with Crippen molar-refractivity contribution in [1.82, 2.24) is 24.9 Å². The van der Waals surface area contributed by atoms with E-state index in [-0.39, 0.29) is 29.6 Å². The molecule has 1 fully saturated rings. The number of nitrogens with one attached hydrogen (secondary N) is 1. The highest BCUT2D eigenvalue weighted by Crippen LogP contribution is 2.21. The standard InChI is InChI=1S/C17H28ClN5O2/c1-5-8-23-10-12(9-14(23)17(25)22(6-2)7-3)19-16(24)15-13(18)11-21(4)20-15/h11-12,14H,5-10H2,1-4H3,(H,19,24)/t12-,14+/m1/s1. The molecule has 1 aromatic rings. The van der Waals surface area contributed by atoms with E-state index in [1.165, 1.54) is 4.68 Å². The van der Waals surface area contributed by atoms with Gasteiger partial charge in [-0.3, -0.25) is 19.2 Å². The van der Waals surface area contributed by atoms with Gasteiger partial charge >= 0.3 is 0 Å². The molecule has 1 aliphatic heterocycles. The van der Waals surface area contributed by atoms with Crippen LogP contribution in [0.5, 0.6) is 0 Å². The molecule has 2 heterocycles. The second-order valence-corrected chi connectivity index (χ2v) is 6.83. The Hall–Kier alpha value is -1.60. The van der Waals surface area contributed by atoms with Crippen LogP contribution in [-0.2, 0) is 11.8 Å². The molecule has 25 heavy (non-hydrogen) atoms. The third-order valence-electron chi connectivity index (χ3n) is 4.61. The van der Waals surface area contributed by atoms with Gasteiger partial charge in [0.15, 0.2) is 5.69 Å². The smallest absolute Gasteiger partial charge is 0.273 e. The number of aromatic nitrogens is 2. The van der Waals surface area contributed by atoms with Crippen molar-refractivity contribution >= 4 is 23.4 Å². The van der Waals surface area contributed by atoms with Gasteiger partial charge in [0.2, 0.25) is 5.91 Å². The Morgan fingerprint density at radius 3 is 2.56 bits per heavy atom. The number of rotatable bonds is 7. The molecule has 1 N–H and O–H groups in total. The van der Waals surface area contributed by atoms with E-state index < -0.39 is 0 Å². The fourth-order valence-electron chi connectivity index (χ4n) is 3.41. The van der Waals surface area contributed by atoms with Crippen molar-refractivity contribution in [1.29, 1.82) is 0 Å². The Labute approximate surface area is 154 Å². The lowest BCUT2D eigenvalue weighted by atomic mass is 10.1. The number of aryl methyl sites for hydroxylation is 1. The number of carbonyl (C=O) groups excluding carboxylic acids is 2. The topological polar surface area (TPSA) is 70.5 Å². The van der Waals surface area contributed by atoms with E-state index in [4.69, 9.17) is 11.6 Å². The molecule has 0 aliphatic carbocycles. The molecule has 0 bridgehead atoms. The van der Waals surface area contributed by atoms with Crippen molar-refractivity contribution in [3.63, 3.8) is 0 Å². The number of likely N-dealkylation sites (tertiary alicyclic amines) is 1. The SMILES string of the molecule is CCCN1C[C@H](NC(=O)c2nn(C)cc2Cl)C[C@H]1C(=O)N(CC)CC. The Kier molecular flexibility index (Phi) is 6.84. The van der Waals surface area contributed by atoms with Gasteiger partial charge in [-0.05, 0) is 33.2 Å². The van der Waals surface area contributed by atoms with Crippen LogP contribution in [0.2, 0.25) is 5.02 Å². The highest BCUT2D eigenvalue weighted by molar-refractivity contribution is 6.33. The molecule has 1 saturated heterocycles. The number of hydrogen-bond donors (Lipinski definition) is 1. The summed E-state index contributed by atoms with van der Waals surface area (Å²) in [6, 6.07) is -0.258. The van der Waals surface area contributed by atoms with Crippen LogP contribution in [0.1, 0.15) is 44.1 Å². The molecule has 0 saturated carbocycles. The highest BCUT2D eigenvalue weighted by atomic mass is 35.5. The van der Waals surface area contributed by atoms with E-state index in [1.54, 1.807) is 13.2 Å². The van der Waals surface area contributed by atoms with E-state index in [0.717, 1.165) is 13.0 Å². The van der Waals surface area contributed by atoms with Gasteiger partial charge in [-0.2, -0.15) is 5.10 Å². The van der Waals surface area contributed by atoms with E-state index in [9.17, 15) is 9.59 Å². The minimum atomic E-state index is -0.289. The van der Waals surface area contributed by atoms with Gasteiger partial charge in [0.25, 0.3) is 5.91 Å². The van der Waals surface area contributed by atoms with Crippen LogP contribution in [0.3, 0.4) is 0 Å². The Morgan fingerprint density at radius 1 is 1.36 bits per heavy atom. The molecule has 1 aliphatic rings. The Morgan fingerprint density at radius 2 is 2.04 bits per heavy atom. The van der Waals surface area contributed by atoms with Crippen LogP contribution >= 0.6 is 11.6 Å². The number of likely N-dealkylation sites (N-methyl/N-ethyl adjacent to an activating group) is 1. The van der Waals surface area contributed by atoms with E-state index in [1.807, 2.05) is 18.7 Å². The third kappa shape index (κ3) is 4.52. The van der Waals surface area contributed by atoms with Gasteiger partial charge in [-0.1, -0.05) is 18.5 Å². The number of amides is 2. The third-order valence-corrected chi connectivity index (χ3v) is 4.89. The van der Waals surface area contributed by atoms with Crippen LogP contribution in [0, 0.1) is 0 Å². The summed E-state index contributed by atoms with van der Waals surface area (Å²) < 4.78 is 1.52. The summed E-state index contributed by atoms with van der Waals surface area (Å²) in [5.41, 5.74) is 0.227. The fraction of sp³-hybridized carbons (Fsp3) is 0.706. The normalized spacial score (nSPS) is 20.7. The van der Waals surface area contributed by atoms with Crippen molar-refractivity contribution in [3.8, 4) is 0 Å². The van der Waals surface area contributed by atoms with Gasteiger partial charge in [0, 0.05) is 38.9 Å². The van der Waals surface area contributed by atoms with Crippen LogP contribution in [0.15, 0.2) is 6.20 Å². The first-order chi connectivity index (χ1) is 11.9. The summed E-state index contributed by atoms with van der Waals surface area (Å²) >= 11 is 6.05. The summed E-state index contributed by atoms with van der Waals surface area (Å²) in [6.07, 6.45) is 3.18. The van der Waals surface area contributed by atoms with Crippen molar-refractivity contribution < 1.29 is 9.59 Å². The molecular formula is C17H28ClN5O2. The Balaban J connectivity index is 2.07. The van der Waals surface area contributed by atoms with Crippen molar-refractivity contribution in [2.75, 3.05) is 26.2 Å². The molecule has 140 valence electrons. The van der Waals surface area contributed by atoms with Crippen LogP contribution < -0.4 is 5.32 Å². The maximum absolute atomic E-state index is 12.8. The molecule has 0 radical (unpaired) electrons. The number of nitrogens with zero attached hydrogens (tertiary/aromatic N) is 4. The number of hydrogen-bond acceptors (Lipinski definition) is 4. The predicted molar refractivity (Wildman–Crippen MR) is 97.7 cm³/mol. The highest BCUT2D eigenvalue weighted by Gasteiger charge is 2.38. The van der Waals surface area contributed by atoms with Gasteiger partial charge < -0.3 is 10.2 Å². The summed E-state index contributed by atoms with van der Waals surface area (Å²) in [7, 11) is 1.72. The number of halogens is 1. The van der Waals surface area contributed by atoms with Gasteiger partial charge in [-0.15, -0.1) is 0 Å². The van der Waals surface area contributed by atoms with Crippen molar-refractivity contribution in [3.05, 3.63) is 16.9 Å². The molecule has 2 amide bonds. The molecule has 0 unspecified atom stereocenters. The molecule has 7 nitrogen and oxygen atoms in total. The second-order valence-electron chi connectivity index (χ2n) is 6.43. The molecule has 2 rings (SSSR count). The first-order valence-electron chi connectivity index (χ1n) is 8.94. The monoisotopic (exact) mass is 369 g/mol. The van der Waals surface area contributed by atoms with E-state index >= 15 is 0 Å². The first-order valence-corrected chi connectivity index (χ1v) is 9.31. The average molecular weight is 370 g/mol. The zero-order chi connectivity index (χ0) is 18.6. The summed E-state index contributed by atoms with van der Waals surface area (Å²) in [5.74, 6) is -0.144. The quantitative estimate of drug-likeness (QED) is 0.791. The maximum atomic E-state index is 12.8. The largest absolute Gasteiger partial charge is 0.346 e. The predicted octanol–water partition coefficient (Wildman–Crippen LogP) is 1.52. The minimum absolute atomic E-state index is 0.0818. The zero-order valence-electron chi connectivity index (χ0n) is 15.5. The van der Waals surface area contributed by atoms with Crippen LogP contribution in [-0.4, -0.2) is 69.7 Å². The van der Waals surface area contributed by atoms with Crippen molar-refractivity contribution in [2.45, 2.75) is 45.7 Å². The van der Waals surface area contributed by atoms with Gasteiger partial charge in [0.1, 0.15) is 0 Å². The van der Waals surface area contributed by atoms with Crippen molar-refractivity contribution in [2.24, 2.45) is 7.05 Å². The molecule has 1 aromatic heterocycles. The lowest BCUT2D eigenvalue weighted by Crippen LogP contribution is -2.45. The fourth-order valence-corrected chi connectivity index (χ4v) is 3.68. The summed E-state index contributed by atoms with van der Waals surface area (Å²) in [6.45, 7) is 8.99. The lowest BCUT2D eigenvalue weighted by molar-refractivity contribution is -0.135. The average Bonchev–Trinajstić information content (AvgIpc) is 3.11. The van der Waals surface area contributed by atoms with Gasteiger partial charge in [0.05, 0.1) is 11.1 Å². The molecule has 0 spiro atoms. The van der Waals surface area contributed by atoms with E-state index in [2.05, 4.69) is 22.2 Å². The van der Waals surface area contributed by atoms with E-state index in [0.29, 0.717) is 31.1 Å². The summed E-state index contributed by atoms with van der Waals surface area (Å²) in [4.78, 5) is 29.2. The van der Waals surface area contributed by atoms with Crippen LogP contribution in [0.25, 0.3) is 0 Å². The lowest BCUT2D eigenvalue weighted by Gasteiger charge is -2.28. The second kappa shape index (κ2) is 8.67. The maximum Gasteiger partial charge on any atom is 0.273 e. The number of carbonyl (C=O) groups is 2. The minimum Gasteiger partial charge on any atom is -0.346 e.